The molecule has 0 amide bonds. The zero-order chi connectivity index (χ0) is 8.81. The van der Waals surface area contributed by atoms with Crippen LogP contribution in [0.15, 0.2) is 24.5 Å². The van der Waals surface area contributed by atoms with Crippen molar-refractivity contribution in [1.82, 2.24) is 20.4 Å². The van der Waals surface area contributed by atoms with Crippen molar-refractivity contribution in [2.45, 2.75) is 0 Å². The van der Waals surface area contributed by atoms with Crippen molar-refractivity contribution in [2.24, 2.45) is 0 Å². The molecular weight excluding hydrogens is 269 g/mol. The van der Waals surface area contributed by atoms with Crippen LogP contribution in [0, 0.1) is 3.70 Å². The fourth-order valence-corrected chi connectivity index (χ4v) is 0.806. The standard InChI is InChI=1S/C3H3IN2.C3H5N3/c2*4-3-1-2-5-6-3/h1-2H,(H,5,6);1-2H,(H3,4,5,6). The summed E-state index contributed by atoms with van der Waals surface area (Å²) in [6, 6.07) is 3.60. The van der Waals surface area contributed by atoms with E-state index < -0.39 is 0 Å². The molecule has 2 heterocycles. The Bertz CT molecular complexity index is 255. The van der Waals surface area contributed by atoms with Crippen LogP contribution in [-0.4, -0.2) is 20.4 Å². The lowest BCUT2D eigenvalue weighted by Gasteiger charge is -1.70. The third-order valence-electron chi connectivity index (χ3n) is 0.989. The number of nitrogens with zero attached hydrogens (tertiary/aromatic N) is 2. The number of rotatable bonds is 0. The van der Waals surface area contributed by atoms with Crippen LogP contribution in [0.1, 0.15) is 0 Å². The lowest BCUT2D eigenvalue weighted by Crippen LogP contribution is -1.81. The Morgan fingerprint density at radius 2 is 1.83 bits per heavy atom. The summed E-state index contributed by atoms with van der Waals surface area (Å²) in [6.07, 6.45) is 3.33. The molecule has 0 unspecified atom stereocenters. The Labute approximate surface area is 82.9 Å². The second-order valence-corrected chi connectivity index (χ2v) is 3.08. The minimum atomic E-state index is 0.606. The highest BCUT2D eigenvalue weighted by atomic mass is 127. The number of nitrogens with one attached hydrogen (secondary N) is 2. The van der Waals surface area contributed by atoms with E-state index in [1.807, 2.05) is 6.07 Å². The fraction of sp³-hybridized carbons (Fsp3) is 0. The maximum Gasteiger partial charge on any atom is 0.118 e. The first-order valence-corrected chi connectivity index (χ1v) is 4.26. The van der Waals surface area contributed by atoms with Gasteiger partial charge in [-0.25, -0.2) is 0 Å². The molecule has 0 aliphatic rings. The molecule has 0 aromatic carbocycles. The van der Waals surface area contributed by atoms with Gasteiger partial charge in [-0.3, -0.25) is 10.2 Å². The zero-order valence-electron chi connectivity index (χ0n) is 6.16. The summed E-state index contributed by atoms with van der Waals surface area (Å²) in [5.74, 6) is 0.606. The molecule has 0 aliphatic carbocycles. The van der Waals surface area contributed by atoms with Gasteiger partial charge < -0.3 is 5.73 Å². The normalized spacial score (nSPS) is 8.75. The number of aromatic amines is 2. The molecule has 0 bridgehead atoms. The van der Waals surface area contributed by atoms with Crippen molar-refractivity contribution in [2.75, 3.05) is 5.73 Å². The van der Waals surface area contributed by atoms with Crippen molar-refractivity contribution in [3.8, 4) is 0 Å². The van der Waals surface area contributed by atoms with E-state index in [1.165, 1.54) is 0 Å². The number of hydrogen-bond donors (Lipinski definition) is 3. The summed E-state index contributed by atoms with van der Waals surface area (Å²) in [5, 5.41) is 12.5. The summed E-state index contributed by atoms with van der Waals surface area (Å²) >= 11 is 2.16. The van der Waals surface area contributed by atoms with E-state index in [0.717, 1.165) is 3.70 Å². The third-order valence-corrected chi connectivity index (χ3v) is 1.59. The number of anilines is 1. The highest BCUT2D eigenvalue weighted by Gasteiger charge is 1.76. The summed E-state index contributed by atoms with van der Waals surface area (Å²) < 4.78 is 1.08. The van der Waals surface area contributed by atoms with Crippen molar-refractivity contribution in [1.29, 1.82) is 0 Å². The molecule has 0 fully saturated rings. The van der Waals surface area contributed by atoms with Gasteiger partial charge in [-0.05, 0) is 34.7 Å². The maximum atomic E-state index is 5.16. The second kappa shape index (κ2) is 4.75. The summed E-state index contributed by atoms with van der Waals surface area (Å²) in [5.41, 5.74) is 5.16. The number of aromatic nitrogens is 4. The Balaban J connectivity index is 0.000000120. The molecule has 0 saturated carbocycles. The monoisotopic (exact) mass is 277 g/mol. The molecule has 6 heteroatoms. The quantitative estimate of drug-likeness (QED) is 0.628. The molecule has 2 rings (SSSR count). The van der Waals surface area contributed by atoms with E-state index in [1.54, 1.807) is 18.5 Å². The molecule has 2 aromatic rings. The van der Waals surface area contributed by atoms with Crippen molar-refractivity contribution < 1.29 is 0 Å². The number of hydrogen-bond acceptors (Lipinski definition) is 3. The Morgan fingerprint density at radius 3 is 2.00 bits per heavy atom. The van der Waals surface area contributed by atoms with Gasteiger partial charge in [0.15, 0.2) is 0 Å². The van der Waals surface area contributed by atoms with E-state index in [0.29, 0.717) is 5.82 Å². The predicted molar refractivity (Wildman–Crippen MR) is 54.3 cm³/mol. The molecule has 2 aromatic heterocycles. The molecule has 0 atom stereocenters. The molecule has 4 N–H and O–H groups in total. The van der Waals surface area contributed by atoms with Crippen molar-refractivity contribution >= 4 is 28.4 Å². The van der Waals surface area contributed by atoms with Crippen LogP contribution in [0.5, 0.6) is 0 Å². The van der Waals surface area contributed by atoms with Crippen molar-refractivity contribution in [3.63, 3.8) is 0 Å². The summed E-state index contributed by atoms with van der Waals surface area (Å²) in [4.78, 5) is 0. The number of nitrogens with two attached hydrogens (primary N) is 1. The maximum absolute atomic E-state index is 5.16. The smallest absolute Gasteiger partial charge is 0.118 e. The first kappa shape index (κ1) is 9.04. The topological polar surface area (TPSA) is 83.4 Å². The van der Waals surface area contributed by atoms with Crippen LogP contribution < -0.4 is 5.73 Å². The van der Waals surface area contributed by atoms with Gasteiger partial charge >= 0.3 is 0 Å². The van der Waals surface area contributed by atoms with Gasteiger partial charge in [-0.1, -0.05) is 0 Å². The zero-order valence-corrected chi connectivity index (χ0v) is 8.32. The van der Waals surface area contributed by atoms with Crippen LogP contribution in [0.2, 0.25) is 0 Å². The van der Waals surface area contributed by atoms with Gasteiger partial charge in [0.25, 0.3) is 0 Å². The second-order valence-electron chi connectivity index (χ2n) is 1.92. The minimum absolute atomic E-state index is 0.606. The molecule has 0 radical (unpaired) electrons. The van der Waals surface area contributed by atoms with Gasteiger partial charge in [0, 0.05) is 6.20 Å². The lowest BCUT2D eigenvalue weighted by atomic mass is 10.7. The average molecular weight is 277 g/mol. The first-order chi connectivity index (χ1) is 5.79. The van der Waals surface area contributed by atoms with E-state index in [9.17, 15) is 0 Å². The third kappa shape index (κ3) is 3.37. The van der Waals surface area contributed by atoms with E-state index >= 15 is 0 Å². The number of nitrogen functional groups attached to an aromatic ring is 1. The van der Waals surface area contributed by atoms with E-state index in [2.05, 4.69) is 43.0 Å². The van der Waals surface area contributed by atoms with Gasteiger partial charge in [0.2, 0.25) is 0 Å². The highest BCUT2D eigenvalue weighted by molar-refractivity contribution is 14.1. The van der Waals surface area contributed by atoms with E-state index in [-0.39, 0.29) is 0 Å². The largest absolute Gasteiger partial charge is 0.384 e. The Kier molecular flexibility index (Phi) is 3.58. The summed E-state index contributed by atoms with van der Waals surface area (Å²) in [7, 11) is 0. The SMILES string of the molecule is Ic1ccn[nH]1.Nc1ccn[nH]1. The van der Waals surface area contributed by atoms with Crippen LogP contribution >= 0.6 is 22.6 Å². The average Bonchev–Trinajstić information content (AvgIpc) is 2.63. The molecule has 0 spiro atoms. The van der Waals surface area contributed by atoms with Crippen molar-refractivity contribution in [3.05, 3.63) is 28.2 Å². The van der Waals surface area contributed by atoms with Crippen LogP contribution in [-0.2, 0) is 0 Å². The van der Waals surface area contributed by atoms with Gasteiger partial charge in [0.1, 0.15) is 5.82 Å². The molecule has 12 heavy (non-hydrogen) atoms. The minimum Gasteiger partial charge on any atom is -0.384 e. The molecule has 0 aliphatic heterocycles. The summed E-state index contributed by atoms with van der Waals surface area (Å²) in [6.45, 7) is 0. The van der Waals surface area contributed by atoms with Gasteiger partial charge in [-0.15, -0.1) is 0 Å². The number of halogens is 1. The van der Waals surface area contributed by atoms with Crippen LogP contribution in [0.3, 0.4) is 0 Å². The van der Waals surface area contributed by atoms with Crippen LogP contribution in [0.25, 0.3) is 0 Å². The number of H-pyrrole nitrogens is 2. The first-order valence-electron chi connectivity index (χ1n) is 3.19. The van der Waals surface area contributed by atoms with Gasteiger partial charge in [-0.2, -0.15) is 10.2 Å². The molecular formula is C6H8IN5. The molecule has 5 nitrogen and oxygen atoms in total. The lowest BCUT2D eigenvalue weighted by molar-refractivity contribution is 1.07. The molecule has 0 saturated heterocycles. The fourth-order valence-electron chi connectivity index (χ4n) is 0.506. The predicted octanol–water partition coefficient (Wildman–Crippen LogP) is 1.01. The highest BCUT2D eigenvalue weighted by Crippen LogP contribution is 1.93. The van der Waals surface area contributed by atoms with Gasteiger partial charge in [0.05, 0.1) is 9.90 Å². The Morgan fingerprint density at radius 1 is 1.17 bits per heavy atom. The Hall–Kier alpha value is -1.05. The van der Waals surface area contributed by atoms with E-state index in [4.69, 9.17) is 5.73 Å². The van der Waals surface area contributed by atoms with Crippen LogP contribution in [0.4, 0.5) is 5.82 Å². The molecule has 64 valence electrons.